The topological polar surface area (TPSA) is 17.8 Å². The van der Waals surface area contributed by atoms with Crippen molar-refractivity contribution < 1.29 is 20.1 Å². The fraction of sp³-hybridized carbons (Fsp3) is 0.250. The Morgan fingerprint density at radius 3 is 2.04 bits per heavy atom. The molecule has 0 fully saturated rings. The van der Waals surface area contributed by atoms with Gasteiger partial charge in [0.1, 0.15) is 0 Å². The van der Waals surface area contributed by atoms with Gasteiger partial charge in [-0.3, -0.25) is 4.98 Å². The molecule has 3 aromatic rings. The van der Waals surface area contributed by atoms with Crippen molar-refractivity contribution in [1.82, 2.24) is 9.55 Å². The molecule has 0 atom stereocenters. The average molecular weight is 482 g/mol. The van der Waals surface area contributed by atoms with E-state index in [9.17, 15) is 0 Å². The van der Waals surface area contributed by atoms with Crippen LogP contribution in [-0.2, 0) is 20.1 Å². The summed E-state index contributed by atoms with van der Waals surface area (Å²) in [7, 11) is 0. The third-order valence-electron chi connectivity index (χ3n) is 4.79. The molecule has 0 N–H and O–H groups in total. The van der Waals surface area contributed by atoms with E-state index in [1.54, 1.807) is 0 Å². The van der Waals surface area contributed by atoms with Crippen LogP contribution in [0.25, 0.3) is 17.1 Å². The van der Waals surface area contributed by atoms with E-state index in [4.69, 9.17) is 0 Å². The molecule has 0 saturated carbocycles. The van der Waals surface area contributed by atoms with Gasteiger partial charge in [-0.1, -0.05) is 0 Å². The molecule has 2 aromatic carbocycles. The number of imidazole rings is 1. The molecule has 1 radical (unpaired) electrons. The zero-order chi connectivity index (χ0) is 15.9. The van der Waals surface area contributed by atoms with Gasteiger partial charge in [-0.2, -0.15) is 0 Å². The first-order valence-corrected chi connectivity index (χ1v) is 7.60. The normalized spacial score (nSPS) is 10.5. The number of rotatable bonds is 2. The van der Waals surface area contributed by atoms with Crippen molar-refractivity contribution in [1.29, 1.82) is 0 Å². The van der Waals surface area contributed by atoms with Crippen molar-refractivity contribution in [2.45, 2.75) is 34.6 Å². The van der Waals surface area contributed by atoms with E-state index < -0.39 is 0 Å². The molecule has 121 valence electrons. The van der Waals surface area contributed by atoms with Gasteiger partial charge in [0, 0.05) is 38.2 Å². The van der Waals surface area contributed by atoms with Crippen LogP contribution < -0.4 is 0 Å². The molecule has 0 unspecified atom stereocenters. The fourth-order valence-electron chi connectivity index (χ4n) is 3.06. The van der Waals surface area contributed by atoms with E-state index in [-0.39, 0.29) is 20.1 Å². The van der Waals surface area contributed by atoms with E-state index in [2.05, 4.69) is 56.3 Å². The monoisotopic (exact) mass is 482 g/mol. The molecule has 3 rings (SSSR count). The summed E-state index contributed by atoms with van der Waals surface area (Å²) in [4.78, 5) is 4.56. The zero-order valence-corrected chi connectivity index (χ0v) is 16.6. The molecule has 1 aromatic heterocycles. The third-order valence-corrected chi connectivity index (χ3v) is 4.79. The smallest absolute Gasteiger partial charge is 0.0602 e. The Morgan fingerprint density at radius 1 is 0.870 bits per heavy atom. The van der Waals surface area contributed by atoms with Gasteiger partial charge in [-0.25, -0.2) is 0 Å². The minimum Gasteiger partial charge on any atom is -0.340 e. The van der Waals surface area contributed by atoms with Crippen LogP contribution in [0.4, 0.5) is 0 Å². The van der Waals surface area contributed by atoms with Crippen LogP contribution >= 0.6 is 0 Å². The van der Waals surface area contributed by atoms with E-state index >= 15 is 0 Å². The molecule has 0 aliphatic rings. The Labute approximate surface area is 151 Å². The zero-order valence-electron chi connectivity index (χ0n) is 14.2. The summed E-state index contributed by atoms with van der Waals surface area (Å²) in [6, 6.07) is 11.3. The first-order chi connectivity index (χ1) is 10.5. The molecule has 2 nitrogen and oxygen atoms in total. The molecule has 0 saturated heterocycles. The first-order valence-electron chi connectivity index (χ1n) is 7.60. The molecule has 0 aliphatic heterocycles. The number of hydrogen-bond donors (Lipinski definition) is 0. The number of aromatic nitrogens is 2. The minimum atomic E-state index is 0. The SMILES string of the molecule is Cc1c(C)c(C)c(-n2ccnc2-c2[c-]cccc2)c(C)c1C.[Ir]. The molecule has 0 amide bonds. The van der Waals surface area contributed by atoms with E-state index in [0.717, 1.165) is 11.4 Å². The maximum Gasteiger partial charge on any atom is 0.0602 e. The van der Waals surface area contributed by atoms with Gasteiger partial charge < -0.3 is 4.57 Å². The Bertz CT molecular complexity index is 803. The maximum atomic E-state index is 4.56. The van der Waals surface area contributed by atoms with Crippen molar-refractivity contribution in [2.24, 2.45) is 0 Å². The minimum absolute atomic E-state index is 0. The second-order valence-electron chi connectivity index (χ2n) is 5.87. The summed E-state index contributed by atoms with van der Waals surface area (Å²) in [5.41, 5.74) is 8.98. The standard InChI is InChI=1S/C20H21N2.Ir/c1-13-14(2)16(4)19(17(5)15(13)3)22-12-11-21-20(22)18-9-7-6-8-10-18;/h6-9,11-12H,1-5H3;/q-1;. The summed E-state index contributed by atoms with van der Waals surface area (Å²) in [6.45, 7) is 11.0. The average Bonchev–Trinajstić information content (AvgIpc) is 3.01. The van der Waals surface area contributed by atoms with Crippen molar-refractivity contribution in [2.75, 3.05) is 0 Å². The second kappa shape index (κ2) is 6.82. The molecular weight excluding hydrogens is 460 g/mol. The van der Waals surface area contributed by atoms with Gasteiger partial charge in [0.25, 0.3) is 0 Å². The predicted octanol–water partition coefficient (Wildman–Crippen LogP) is 4.88. The number of nitrogens with zero attached hydrogens (tertiary/aromatic N) is 2. The molecule has 3 heteroatoms. The number of hydrogen-bond acceptors (Lipinski definition) is 1. The largest absolute Gasteiger partial charge is 0.340 e. The van der Waals surface area contributed by atoms with Gasteiger partial charge >= 0.3 is 0 Å². The Morgan fingerprint density at radius 2 is 1.48 bits per heavy atom. The summed E-state index contributed by atoms with van der Waals surface area (Å²) in [5, 5.41) is 0. The molecule has 1 heterocycles. The Balaban J connectivity index is 0.00000192. The summed E-state index contributed by atoms with van der Waals surface area (Å²) < 4.78 is 2.19. The van der Waals surface area contributed by atoms with Crippen molar-refractivity contribution >= 4 is 0 Å². The van der Waals surface area contributed by atoms with Crippen LogP contribution in [0, 0.1) is 40.7 Å². The quantitative estimate of drug-likeness (QED) is 0.477. The van der Waals surface area contributed by atoms with E-state index in [1.807, 2.05) is 30.6 Å². The summed E-state index contributed by atoms with van der Waals surface area (Å²) in [5.74, 6) is 0.939. The molecule has 0 spiro atoms. The third kappa shape index (κ3) is 2.91. The molecule has 0 bridgehead atoms. The molecule has 0 aliphatic carbocycles. The number of benzene rings is 2. The van der Waals surface area contributed by atoms with E-state index in [0.29, 0.717) is 0 Å². The van der Waals surface area contributed by atoms with Crippen LogP contribution in [0.3, 0.4) is 0 Å². The van der Waals surface area contributed by atoms with Crippen molar-refractivity contribution in [3.63, 3.8) is 0 Å². The predicted molar refractivity (Wildman–Crippen MR) is 91.5 cm³/mol. The van der Waals surface area contributed by atoms with Crippen molar-refractivity contribution in [3.05, 3.63) is 70.5 Å². The van der Waals surface area contributed by atoms with Crippen molar-refractivity contribution in [3.8, 4) is 17.1 Å². The van der Waals surface area contributed by atoms with Crippen LogP contribution in [0.1, 0.15) is 27.8 Å². The van der Waals surface area contributed by atoms with Crippen LogP contribution in [0.15, 0.2) is 36.7 Å². The van der Waals surface area contributed by atoms with Crippen LogP contribution in [0.2, 0.25) is 0 Å². The maximum absolute atomic E-state index is 4.56. The second-order valence-corrected chi connectivity index (χ2v) is 5.87. The van der Waals surface area contributed by atoms with E-state index in [1.165, 1.54) is 33.5 Å². The molecular formula is C20H21IrN2-. The summed E-state index contributed by atoms with van der Waals surface area (Å²) >= 11 is 0. The fourth-order valence-corrected chi connectivity index (χ4v) is 3.06. The van der Waals surface area contributed by atoms with Crippen LogP contribution in [-0.4, -0.2) is 9.55 Å². The Hall–Kier alpha value is -1.70. The molecule has 23 heavy (non-hydrogen) atoms. The van der Waals surface area contributed by atoms with Gasteiger partial charge in [0.15, 0.2) is 0 Å². The first kappa shape index (κ1) is 17.7. The van der Waals surface area contributed by atoms with Crippen LogP contribution in [0.5, 0.6) is 0 Å². The summed E-state index contributed by atoms with van der Waals surface area (Å²) in [6.07, 6.45) is 3.90. The van der Waals surface area contributed by atoms with Gasteiger partial charge in [-0.15, -0.1) is 35.9 Å². The van der Waals surface area contributed by atoms with Gasteiger partial charge in [0.2, 0.25) is 0 Å². The Kier molecular flexibility index (Phi) is 5.23. The van der Waals surface area contributed by atoms with Gasteiger partial charge in [-0.05, 0) is 62.4 Å². The van der Waals surface area contributed by atoms with Gasteiger partial charge in [0.05, 0.1) is 5.82 Å².